The van der Waals surface area contributed by atoms with Crippen molar-refractivity contribution in [3.63, 3.8) is 0 Å². The van der Waals surface area contributed by atoms with Gasteiger partial charge in [-0.05, 0) is 32.1 Å². The van der Waals surface area contributed by atoms with Gasteiger partial charge >= 0.3 is 5.97 Å². The molecule has 0 aliphatic heterocycles. The number of carbonyl (C=O) groups excluding carboxylic acids is 2. The Morgan fingerprint density at radius 2 is 0.821 bits per heavy atom. The Bertz CT molecular complexity index is 832. The Morgan fingerprint density at radius 1 is 0.482 bits per heavy atom. The first kappa shape index (κ1) is 54.6. The zero-order valence-electron chi connectivity index (χ0n) is 37.6. The van der Waals surface area contributed by atoms with Crippen LogP contribution >= 0.6 is 0 Å². The molecule has 0 aliphatic rings. The van der Waals surface area contributed by atoms with Crippen LogP contribution in [0.3, 0.4) is 0 Å². The number of hydrogen-bond donors (Lipinski definition) is 3. The SMILES string of the molecule is CCCCCCCCCCCCCCCC/C=C/C(O)C(CO)NC(=O)CCCCCCCCCCCCCOC(=O)CCCCCCCCCCCCCC. The second-order valence-electron chi connectivity index (χ2n) is 17.2. The maximum absolute atomic E-state index is 12.4. The number of aliphatic hydroxyl groups is 2. The highest BCUT2D eigenvalue weighted by Crippen LogP contribution is 2.16. The Morgan fingerprint density at radius 3 is 1.21 bits per heavy atom. The highest BCUT2D eigenvalue weighted by atomic mass is 16.5. The van der Waals surface area contributed by atoms with E-state index in [1.807, 2.05) is 6.08 Å². The molecule has 0 bridgehead atoms. The average Bonchev–Trinajstić information content (AvgIpc) is 3.20. The van der Waals surface area contributed by atoms with Crippen molar-refractivity contribution < 1.29 is 24.5 Å². The topological polar surface area (TPSA) is 95.9 Å². The fourth-order valence-corrected chi connectivity index (χ4v) is 7.69. The van der Waals surface area contributed by atoms with Gasteiger partial charge in [0.25, 0.3) is 0 Å². The molecule has 6 heteroatoms. The molecule has 1 amide bonds. The lowest BCUT2D eigenvalue weighted by Crippen LogP contribution is -2.45. The summed E-state index contributed by atoms with van der Waals surface area (Å²) in [5.74, 6) is -0.1000. The molecule has 56 heavy (non-hydrogen) atoms. The molecule has 0 rings (SSSR count). The van der Waals surface area contributed by atoms with E-state index in [0.29, 0.717) is 19.4 Å². The van der Waals surface area contributed by atoms with Crippen molar-refractivity contribution >= 4 is 11.9 Å². The van der Waals surface area contributed by atoms with Crippen molar-refractivity contribution in [1.29, 1.82) is 0 Å². The number of amides is 1. The third-order valence-electron chi connectivity index (χ3n) is 11.6. The third kappa shape index (κ3) is 42.2. The van der Waals surface area contributed by atoms with Crippen molar-refractivity contribution in [2.24, 2.45) is 0 Å². The van der Waals surface area contributed by atoms with E-state index in [2.05, 4.69) is 19.2 Å². The number of aliphatic hydroxyl groups excluding tert-OH is 2. The maximum atomic E-state index is 12.4. The molecule has 332 valence electrons. The summed E-state index contributed by atoms with van der Waals surface area (Å²) < 4.78 is 5.44. The molecular weight excluding hydrogens is 695 g/mol. The summed E-state index contributed by atoms with van der Waals surface area (Å²) in [6.07, 6.45) is 52.0. The average molecular weight is 792 g/mol. The van der Waals surface area contributed by atoms with Crippen molar-refractivity contribution in [3.05, 3.63) is 12.2 Å². The summed E-state index contributed by atoms with van der Waals surface area (Å²) in [4.78, 5) is 24.4. The quantitative estimate of drug-likeness (QED) is 0.0324. The van der Waals surface area contributed by atoms with Crippen LogP contribution in [0.5, 0.6) is 0 Å². The Hall–Kier alpha value is -1.40. The van der Waals surface area contributed by atoms with Gasteiger partial charge in [-0.25, -0.2) is 0 Å². The largest absolute Gasteiger partial charge is 0.466 e. The van der Waals surface area contributed by atoms with Crippen LogP contribution in [0.1, 0.15) is 271 Å². The maximum Gasteiger partial charge on any atom is 0.305 e. The number of nitrogens with one attached hydrogen (secondary N) is 1. The molecular formula is C50H97NO5. The fourth-order valence-electron chi connectivity index (χ4n) is 7.69. The van der Waals surface area contributed by atoms with E-state index < -0.39 is 12.1 Å². The Kier molecular flexibility index (Phi) is 45.1. The summed E-state index contributed by atoms with van der Waals surface area (Å²) >= 11 is 0. The van der Waals surface area contributed by atoms with Gasteiger partial charge in [-0.15, -0.1) is 0 Å². The zero-order valence-corrected chi connectivity index (χ0v) is 37.6. The Labute approximate surface area is 349 Å². The number of carbonyl (C=O) groups is 2. The number of allylic oxidation sites excluding steroid dienone is 1. The van der Waals surface area contributed by atoms with E-state index in [1.165, 1.54) is 186 Å². The summed E-state index contributed by atoms with van der Waals surface area (Å²) in [7, 11) is 0. The van der Waals surface area contributed by atoms with Crippen LogP contribution in [-0.4, -0.2) is 47.4 Å². The first-order chi connectivity index (χ1) is 27.5. The number of hydrogen-bond acceptors (Lipinski definition) is 5. The fraction of sp³-hybridized carbons (Fsp3) is 0.920. The third-order valence-corrected chi connectivity index (χ3v) is 11.6. The number of unbranched alkanes of at least 4 members (excludes halogenated alkanes) is 35. The standard InChI is InChI=1S/C50H97NO5/c1-3-5-7-9-11-13-15-17-18-19-20-22-26-30-34-38-42-48(53)47(46-52)51-49(54)43-39-35-31-27-23-21-25-29-33-37-41-45-56-50(55)44-40-36-32-28-24-16-14-12-10-8-6-4-2/h38,42,47-48,52-53H,3-37,39-41,43-46H2,1-2H3,(H,51,54)/b42-38+. The second kappa shape index (κ2) is 46.3. The van der Waals surface area contributed by atoms with Crippen LogP contribution in [-0.2, 0) is 14.3 Å². The molecule has 0 saturated heterocycles. The minimum atomic E-state index is -0.855. The van der Waals surface area contributed by atoms with E-state index in [9.17, 15) is 19.8 Å². The first-order valence-corrected chi connectivity index (χ1v) is 25.0. The lowest BCUT2D eigenvalue weighted by atomic mass is 10.0. The van der Waals surface area contributed by atoms with Gasteiger partial charge in [0.05, 0.1) is 25.4 Å². The molecule has 2 unspecified atom stereocenters. The van der Waals surface area contributed by atoms with Gasteiger partial charge < -0.3 is 20.3 Å². The minimum Gasteiger partial charge on any atom is -0.466 e. The van der Waals surface area contributed by atoms with Gasteiger partial charge in [-0.3, -0.25) is 9.59 Å². The van der Waals surface area contributed by atoms with E-state index in [4.69, 9.17) is 4.74 Å². The molecule has 0 saturated carbocycles. The second-order valence-corrected chi connectivity index (χ2v) is 17.2. The normalized spacial score (nSPS) is 12.7. The van der Waals surface area contributed by atoms with E-state index in [1.54, 1.807) is 6.08 Å². The van der Waals surface area contributed by atoms with Crippen LogP contribution in [0.2, 0.25) is 0 Å². The molecule has 2 atom stereocenters. The molecule has 0 spiro atoms. The van der Waals surface area contributed by atoms with Gasteiger partial charge in [0.2, 0.25) is 5.91 Å². The van der Waals surface area contributed by atoms with E-state index in [0.717, 1.165) is 57.8 Å². The van der Waals surface area contributed by atoms with E-state index >= 15 is 0 Å². The van der Waals surface area contributed by atoms with Gasteiger partial charge in [0.1, 0.15) is 0 Å². The van der Waals surface area contributed by atoms with Gasteiger partial charge in [-0.2, -0.15) is 0 Å². The highest BCUT2D eigenvalue weighted by Gasteiger charge is 2.18. The van der Waals surface area contributed by atoms with Gasteiger partial charge in [0.15, 0.2) is 0 Å². The molecule has 6 nitrogen and oxygen atoms in total. The van der Waals surface area contributed by atoms with Gasteiger partial charge in [0, 0.05) is 12.8 Å². The molecule has 0 aromatic heterocycles. The molecule has 0 radical (unpaired) electrons. The van der Waals surface area contributed by atoms with Crippen LogP contribution in [0, 0.1) is 0 Å². The van der Waals surface area contributed by atoms with Crippen molar-refractivity contribution in [2.75, 3.05) is 13.2 Å². The predicted molar refractivity (Wildman–Crippen MR) is 241 cm³/mol. The summed E-state index contributed by atoms with van der Waals surface area (Å²) in [6, 6.07) is -0.640. The zero-order chi connectivity index (χ0) is 40.8. The number of esters is 1. The molecule has 0 aliphatic carbocycles. The van der Waals surface area contributed by atoms with Crippen molar-refractivity contribution in [1.82, 2.24) is 5.32 Å². The first-order valence-electron chi connectivity index (χ1n) is 25.0. The summed E-state index contributed by atoms with van der Waals surface area (Å²) in [5, 5.41) is 23.0. The van der Waals surface area contributed by atoms with Crippen molar-refractivity contribution in [2.45, 2.75) is 283 Å². The number of ether oxygens (including phenoxy) is 1. The molecule has 3 N–H and O–H groups in total. The van der Waals surface area contributed by atoms with Gasteiger partial charge in [-0.1, -0.05) is 238 Å². The van der Waals surface area contributed by atoms with Crippen molar-refractivity contribution in [3.8, 4) is 0 Å². The monoisotopic (exact) mass is 792 g/mol. The summed E-state index contributed by atoms with van der Waals surface area (Å²) in [5.41, 5.74) is 0. The lowest BCUT2D eigenvalue weighted by Gasteiger charge is -2.20. The smallest absolute Gasteiger partial charge is 0.305 e. The molecule has 0 fully saturated rings. The molecule has 0 aromatic carbocycles. The van der Waals surface area contributed by atoms with Crippen LogP contribution in [0.25, 0.3) is 0 Å². The molecule has 0 heterocycles. The predicted octanol–water partition coefficient (Wildman–Crippen LogP) is 14.6. The Balaban J connectivity index is 3.51. The number of rotatable bonds is 46. The van der Waals surface area contributed by atoms with E-state index in [-0.39, 0.29) is 18.5 Å². The minimum absolute atomic E-state index is 0.0146. The summed E-state index contributed by atoms with van der Waals surface area (Å²) in [6.45, 7) is 4.86. The van der Waals surface area contributed by atoms with Crippen LogP contribution < -0.4 is 5.32 Å². The highest BCUT2D eigenvalue weighted by molar-refractivity contribution is 5.76. The van der Waals surface area contributed by atoms with Crippen LogP contribution in [0.4, 0.5) is 0 Å². The molecule has 0 aromatic rings. The van der Waals surface area contributed by atoms with Crippen LogP contribution in [0.15, 0.2) is 12.2 Å². The lowest BCUT2D eigenvalue weighted by molar-refractivity contribution is -0.143.